The lowest BCUT2D eigenvalue weighted by atomic mass is 10.2. The molecular formula is C16H19N3O2. The smallest absolute Gasteiger partial charge is 0.241 e. The molecular weight excluding hydrogens is 266 g/mol. The summed E-state index contributed by atoms with van der Waals surface area (Å²) in [6, 6.07) is 9.52. The Morgan fingerprint density at radius 1 is 1.38 bits per heavy atom. The largest absolute Gasteiger partial charge is 0.494 e. The molecule has 0 bridgehead atoms. The van der Waals surface area contributed by atoms with Crippen molar-refractivity contribution in [2.24, 2.45) is 0 Å². The minimum Gasteiger partial charge on any atom is -0.494 e. The third-order valence-electron chi connectivity index (χ3n) is 3.71. The van der Waals surface area contributed by atoms with E-state index in [-0.39, 0.29) is 11.9 Å². The van der Waals surface area contributed by atoms with Crippen molar-refractivity contribution in [3.05, 3.63) is 42.7 Å². The van der Waals surface area contributed by atoms with E-state index in [1.165, 1.54) is 0 Å². The number of carbonyl (C=O) groups excluding carboxylic acids is 1. The number of methoxy groups -OCH3 is 1. The zero-order chi connectivity index (χ0) is 14.7. The summed E-state index contributed by atoms with van der Waals surface area (Å²) in [5.41, 5.74) is 1.70. The number of ether oxygens (including phenoxy) is 1. The van der Waals surface area contributed by atoms with Crippen LogP contribution in [0.2, 0.25) is 0 Å². The van der Waals surface area contributed by atoms with Crippen LogP contribution in [0, 0.1) is 0 Å². The first-order valence-electron chi connectivity index (χ1n) is 7.13. The number of nitrogens with one attached hydrogen (secondary N) is 2. The predicted molar refractivity (Wildman–Crippen MR) is 82.0 cm³/mol. The minimum atomic E-state index is -0.0832. The van der Waals surface area contributed by atoms with Crippen molar-refractivity contribution in [3.8, 4) is 11.4 Å². The maximum atomic E-state index is 12.1. The van der Waals surface area contributed by atoms with Crippen LogP contribution >= 0.6 is 0 Å². The van der Waals surface area contributed by atoms with Gasteiger partial charge in [-0.1, -0.05) is 0 Å². The molecule has 2 heterocycles. The topological polar surface area (TPSA) is 55.3 Å². The lowest BCUT2D eigenvalue weighted by Gasteiger charge is -2.14. The molecule has 1 fully saturated rings. The number of hydrogen-bond donors (Lipinski definition) is 2. The van der Waals surface area contributed by atoms with Crippen molar-refractivity contribution in [3.63, 3.8) is 0 Å². The van der Waals surface area contributed by atoms with Gasteiger partial charge in [0.25, 0.3) is 0 Å². The number of carbonyl (C=O) groups is 1. The summed E-state index contributed by atoms with van der Waals surface area (Å²) in [4.78, 5) is 12.1. The van der Waals surface area contributed by atoms with Crippen LogP contribution in [-0.2, 0) is 4.79 Å². The van der Waals surface area contributed by atoms with Gasteiger partial charge in [0.1, 0.15) is 5.75 Å². The van der Waals surface area contributed by atoms with Crippen LogP contribution in [0.3, 0.4) is 0 Å². The highest BCUT2D eigenvalue weighted by Crippen LogP contribution is 2.27. The lowest BCUT2D eigenvalue weighted by Crippen LogP contribution is -2.35. The Morgan fingerprint density at radius 2 is 2.19 bits per heavy atom. The highest BCUT2D eigenvalue weighted by molar-refractivity contribution is 5.95. The highest BCUT2D eigenvalue weighted by atomic mass is 16.5. The number of nitrogens with zero attached hydrogens (tertiary/aromatic N) is 1. The zero-order valence-electron chi connectivity index (χ0n) is 12.0. The van der Waals surface area contributed by atoms with Crippen molar-refractivity contribution >= 4 is 11.6 Å². The van der Waals surface area contributed by atoms with Gasteiger partial charge in [-0.05, 0) is 43.7 Å². The van der Waals surface area contributed by atoms with Crippen LogP contribution in [-0.4, -0.2) is 30.2 Å². The third kappa shape index (κ3) is 2.92. The normalized spacial score (nSPS) is 17.7. The molecule has 21 heavy (non-hydrogen) atoms. The van der Waals surface area contributed by atoms with Crippen LogP contribution in [0.5, 0.6) is 5.75 Å². The van der Waals surface area contributed by atoms with Crippen molar-refractivity contribution in [2.45, 2.75) is 18.9 Å². The Kier molecular flexibility index (Phi) is 3.92. The second-order valence-corrected chi connectivity index (χ2v) is 5.12. The van der Waals surface area contributed by atoms with Gasteiger partial charge in [-0.2, -0.15) is 0 Å². The lowest BCUT2D eigenvalue weighted by molar-refractivity contribution is -0.117. The number of hydrogen-bond acceptors (Lipinski definition) is 3. The van der Waals surface area contributed by atoms with Gasteiger partial charge in [0.15, 0.2) is 0 Å². The fourth-order valence-corrected chi connectivity index (χ4v) is 2.60. The Morgan fingerprint density at radius 3 is 2.86 bits per heavy atom. The maximum absolute atomic E-state index is 12.1. The molecule has 0 unspecified atom stereocenters. The number of benzene rings is 1. The first kappa shape index (κ1) is 13.7. The molecule has 5 heteroatoms. The van der Waals surface area contributed by atoms with E-state index in [4.69, 9.17) is 4.74 Å². The molecule has 3 rings (SSSR count). The van der Waals surface area contributed by atoms with Crippen LogP contribution < -0.4 is 15.4 Å². The quantitative estimate of drug-likeness (QED) is 0.905. The van der Waals surface area contributed by atoms with E-state index < -0.39 is 0 Å². The first-order valence-corrected chi connectivity index (χ1v) is 7.13. The molecule has 110 valence electrons. The van der Waals surface area contributed by atoms with Crippen molar-refractivity contribution in [2.75, 3.05) is 19.0 Å². The summed E-state index contributed by atoms with van der Waals surface area (Å²) in [6.45, 7) is 0.911. The fourth-order valence-electron chi connectivity index (χ4n) is 2.60. The molecule has 0 spiro atoms. The minimum absolute atomic E-state index is 0.0169. The van der Waals surface area contributed by atoms with Gasteiger partial charge in [0.2, 0.25) is 5.91 Å². The summed E-state index contributed by atoms with van der Waals surface area (Å²) >= 11 is 0. The molecule has 2 aromatic rings. The number of amides is 1. The molecule has 0 aliphatic carbocycles. The summed E-state index contributed by atoms with van der Waals surface area (Å²) in [5.74, 6) is 0.742. The van der Waals surface area contributed by atoms with Gasteiger partial charge >= 0.3 is 0 Å². The van der Waals surface area contributed by atoms with Gasteiger partial charge in [0, 0.05) is 24.1 Å². The maximum Gasteiger partial charge on any atom is 0.241 e. The molecule has 0 saturated carbocycles. The molecule has 5 nitrogen and oxygen atoms in total. The molecule has 2 N–H and O–H groups in total. The van der Waals surface area contributed by atoms with E-state index in [2.05, 4.69) is 10.6 Å². The molecule has 0 radical (unpaired) electrons. The molecule has 1 atom stereocenters. The predicted octanol–water partition coefficient (Wildman–Crippen LogP) is 2.18. The molecule has 1 aliphatic rings. The van der Waals surface area contributed by atoms with Crippen LogP contribution in [0.25, 0.3) is 5.69 Å². The van der Waals surface area contributed by atoms with Gasteiger partial charge in [-0.3, -0.25) is 4.79 Å². The second kappa shape index (κ2) is 6.01. The Labute approximate surface area is 123 Å². The van der Waals surface area contributed by atoms with Crippen molar-refractivity contribution in [1.29, 1.82) is 0 Å². The number of anilines is 1. The monoisotopic (exact) mass is 285 g/mol. The first-order chi connectivity index (χ1) is 10.3. The summed E-state index contributed by atoms with van der Waals surface area (Å²) in [6.07, 6.45) is 5.86. The molecule has 1 aromatic heterocycles. The van der Waals surface area contributed by atoms with Crippen LogP contribution in [0.15, 0.2) is 42.7 Å². The van der Waals surface area contributed by atoms with Gasteiger partial charge in [-0.25, -0.2) is 0 Å². The second-order valence-electron chi connectivity index (χ2n) is 5.12. The molecule has 1 aliphatic heterocycles. The zero-order valence-corrected chi connectivity index (χ0v) is 12.0. The van der Waals surface area contributed by atoms with E-state index in [1.54, 1.807) is 7.11 Å². The average molecular weight is 285 g/mol. The SMILES string of the molecule is COc1cc(NC(=O)[C@H]2CCCN2)ccc1-n1cccc1. The molecule has 1 aromatic carbocycles. The Bertz CT molecular complexity index is 616. The van der Waals surface area contributed by atoms with Gasteiger partial charge < -0.3 is 19.9 Å². The highest BCUT2D eigenvalue weighted by Gasteiger charge is 2.22. The van der Waals surface area contributed by atoms with E-state index in [9.17, 15) is 4.79 Å². The number of aromatic nitrogens is 1. The standard InChI is InChI=1S/C16H19N3O2/c1-21-15-11-12(18-16(20)13-5-4-8-17-13)6-7-14(15)19-9-2-3-10-19/h2-3,6-7,9-11,13,17H,4-5,8H2,1H3,(H,18,20)/t13-/m1/s1. The summed E-state index contributed by atoms with van der Waals surface area (Å²) in [7, 11) is 1.63. The van der Waals surface area contributed by atoms with Crippen LogP contribution in [0.4, 0.5) is 5.69 Å². The van der Waals surface area contributed by atoms with Gasteiger partial charge in [-0.15, -0.1) is 0 Å². The number of rotatable bonds is 4. The Hall–Kier alpha value is -2.27. The fraction of sp³-hybridized carbons (Fsp3) is 0.312. The van der Waals surface area contributed by atoms with Crippen molar-refractivity contribution < 1.29 is 9.53 Å². The molecule has 1 saturated heterocycles. The van der Waals surface area contributed by atoms with Crippen LogP contribution in [0.1, 0.15) is 12.8 Å². The van der Waals surface area contributed by atoms with E-state index >= 15 is 0 Å². The average Bonchev–Trinajstić information content (AvgIpc) is 3.20. The summed E-state index contributed by atoms with van der Waals surface area (Å²) in [5, 5.41) is 6.13. The molecule has 1 amide bonds. The van der Waals surface area contributed by atoms with E-state index in [1.807, 2.05) is 47.3 Å². The van der Waals surface area contributed by atoms with Crippen molar-refractivity contribution in [1.82, 2.24) is 9.88 Å². The Balaban J connectivity index is 1.79. The summed E-state index contributed by atoms with van der Waals surface area (Å²) < 4.78 is 7.40. The van der Waals surface area contributed by atoms with E-state index in [0.717, 1.165) is 36.5 Å². The van der Waals surface area contributed by atoms with E-state index in [0.29, 0.717) is 0 Å². The van der Waals surface area contributed by atoms with Gasteiger partial charge in [0.05, 0.1) is 18.8 Å². The third-order valence-corrected chi connectivity index (χ3v) is 3.71.